The fourth-order valence-electron chi connectivity index (χ4n) is 1.19. The maximum atomic E-state index is 11.3. The van der Waals surface area contributed by atoms with E-state index in [2.05, 4.69) is 5.32 Å². The van der Waals surface area contributed by atoms with Crippen molar-refractivity contribution in [3.63, 3.8) is 0 Å². The fourth-order valence-corrected chi connectivity index (χ4v) is 1.19. The summed E-state index contributed by atoms with van der Waals surface area (Å²) in [7, 11) is 0. The van der Waals surface area contributed by atoms with Crippen molar-refractivity contribution in [3.8, 4) is 0 Å². The molecule has 1 aliphatic heterocycles. The maximum Gasteiger partial charge on any atom is 0.410 e. The molecule has 0 saturated carbocycles. The molecule has 2 amide bonds. The van der Waals surface area contributed by atoms with Crippen molar-refractivity contribution < 1.29 is 14.3 Å². The number of piperazine rings is 1. The van der Waals surface area contributed by atoms with Crippen molar-refractivity contribution in [1.82, 2.24) is 10.2 Å². The minimum atomic E-state index is -0.381. The van der Waals surface area contributed by atoms with Crippen LogP contribution in [-0.4, -0.2) is 43.1 Å². The molecule has 80 valence electrons. The first-order valence-electron chi connectivity index (χ1n) is 4.92. The quantitative estimate of drug-likeness (QED) is 0.669. The molecule has 0 bridgehead atoms. The van der Waals surface area contributed by atoms with Crippen LogP contribution >= 0.6 is 0 Å². The Kier molecular flexibility index (Phi) is 4.22. The Bertz CT molecular complexity index is 218. The lowest BCUT2D eigenvalue weighted by molar-refractivity contribution is -0.123. The van der Waals surface area contributed by atoms with Gasteiger partial charge in [-0.15, -0.1) is 0 Å². The van der Waals surface area contributed by atoms with Gasteiger partial charge in [0.1, 0.15) is 6.54 Å². The van der Waals surface area contributed by atoms with Crippen LogP contribution in [0.15, 0.2) is 0 Å². The molecule has 5 nitrogen and oxygen atoms in total. The third kappa shape index (κ3) is 3.24. The molecule has 14 heavy (non-hydrogen) atoms. The molecule has 0 aromatic carbocycles. The second kappa shape index (κ2) is 5.47. The highest BCUT2D eigenvalue weighted by Gasteiger charge is 2.21. The number of amides is 2. The van der Waals surface area contributed by atoms with Gasteiger partial charge in [0, 0.05) is 13.1 Å². The fraction of sp³-hybridized carbons (Fsp3) is 0.778. The summed E-state index contributed by atoms with van der Waals surface area (Å²) in [4.78, 5) is 23.7. The van der Waals surface area contributed by atoms with Crippen molar-refractivity contribution >= 4 is 12.0 Å². The van der Waals surface area contributed by atoms with Crippen molar-refractivity contribution in [2.75, 3.05) is 26.2 Å². The molecule has 0 aromatic heterocycles. The molecule has 1 fully saturated rings. The molecule has 0 atom stereocenters. The van der Waals surface area contributed by atoms with Crippen LogP contribution in [0.5, 0.6) is 0 Å². The topological polar surface area (TPSA) is 58.6 Å². The lowest BCUT2D eigenvalue weighted by Crippen LogP contribution is -2.50. The van der Waals surface area contributed by atoms with Crippen LogP contribution in [0, 0.1) is 0 Å². The Labute approximate surface area is 83.4 Å². The number of hydrogen-bond acceptors (Lipinski definition) is 3. The first-order chi connectivity index (χ1) is 6.74. The van der Waals surface area contributed by atoms with E-state index in [9.17, 15) is 9.59 Å². The second-order valence-corrected chi connectivity index (χ2v) is 3.24. The normalized spacial score (nSPS) is 16.4. The van der Waals surface area contributed by atoms with E-state index in [4.69, 9.17) is 4.74 Å². The molecule has 0 aromatic rings. The summed E-state index contributed by atoms with van der Waals surface area (Å²) in [5, 5.41) is 2.65. The van der Waals surface area contributed by atoms with Crippen LogP contribution in [0.3, 0.4) is 0 Å². The zero-order valence-corrected chi connectivity index (χ0v) is 8.41. The third-order valence-electron chi connectivity index (χ3n) is 2.02. The van der Waals surface area contributed by atoms with E-state index in [0.717, 1.165) is 12.8 Å². The zero-order valence-electron chi connectivity index (χ0n) is 8.41. The first kappa shape index (κ1) is 10.8. The van der Waals surface area contributed by atoms with E-state index in [1.54, 1.807) is 0 Å². The van der Waals surface area contributed by atoms with E-state index in [1.807, 2.05) is 6.92 Å². The molecule has 1 rings (SSSR count). The largest absolute Gasteiger partial charge is 0.449 e. The van der Waals surface area contributed by atoms with E-state index >= 15 is 0 Å². The average Bonchev–Trinajstić information content (AvgIpc) is 2.18. The number of carbonyl (C=O) groups is 2. The van der Waals surface area contributed by atoms with Crippen LogP contribution in [-0.2, 0) is 9.53 Å². The summed E-state index contributed by atoms with van der Waals surface area (Å²) < 4.78 is 4.98. The van der Waals surface area contributed by atoms with Gasteiger partial charge in [-0.1, -0.05) is 13.3 Å². The smallest absolute Gasteiger partial charge is 0.410 e. The number of hydrogen-bond donors (Lipinski definition) is 1. The lowest BCUT2D eigenvalue weighted by Gasteiger charge is -2.25. The predicted molar refractivity (Wildman–Crippen MR) is 50.8 cm³/mol. The summed E-state index contributed by atoms with van der Waals surface area (Å²) in [5.74, 6) is -0.122. The van der Waals surface area contributed by atoms with Crippen LogP contribution < -0.4 is 5.32 Å². The lowest BCUT2D eigenvalue weighted by atomic mass is 10.3. The molecule has 1 N–H and O–H groups in total. The standard InChI is InChI=1S/C9H16N2O3/c1-2-3-6-14-9(13)11-5-4-10-8(12)7-11/h2-7H2,1H3,(H,10,12). The van der Waals surface area contributed by atoms with Crippen molar-refractivity contribution in [2.24, 2.45) is 0 Å². The predicted octanol–water partition coefficient (Wildman–Crippen LogP) is 0.355. The number of ether oxygens (including phenoxy) is 1. The van der Waals surface area contributed by atoms with E-state index < -0.39 is 0 Å². The Morgan fingerprint density at radius 3 is 3.07 bits per heavy atom. The molecular weight excluding hydrogens is 184 g/mol. The Balaban J connectivity index is 2.25. The highest BCUT2D eigenvalue weighted by Crippen LogP contribution is 1.98. The van der Waals surface area contributed by atoms with Gasteiger partial charge in [-0.3, -0.25) is 9.69 Å². The van der Waals surface area contributed by atoms with Gasteiger partial charge in [-0.2, -0.15) is 0 Å². The maximum absolute atomic E-state index is 11.3. The number of nitrogens with zero attached hydrogens (tertiary/aromatic N) is 1. The first-order valence-corrected chi connectivity index (χ1v) is 4.92. The van der Waals surface area contributed by atoms with Gasteiger partial charge < -0.3 is 10.1 Å². The Hall–Kier alpha value is -1.26. The molecule has 1 aliphatic rings. The molecule has 0 radical (unpaired) electrons. The van der Waals surface area contributed by atoms with Gasteiger partial charge in [-0.25, -0.2) is 4.79 Å². The second-order valence-electron chi connectivity index (χ2n) is 3.24. The van der Waals surface area contributed by atoms with Gasteiger partial charge in [-0.05, 0) is 6.42 Å². The summed E-state index contributed by atoms with van der Waals surface area (Å²) in [6, 6.07) is 0. The van der Waals surface area contributed by atoms with E-state index in [-0.39, 0.29) is 18.5 Å². The Morgan fingerprint density at radius 1 is 1.64 bits per heavy atom. The summed E-state index contributed by atoms with van der Waals surface area (Å²) in [6.07, 6.45) is 1.48. The zero-order chi connectivity index (χ0) is 10.4. The number of rotatable bonds is 3. The molecule has 1 saturated heterocycles. The van der Waals surface area contributed by atoms with Gasteiger partial charge in [0.15, 0.2) is 0 Å². The summed E-state index contributed by atoms with van der Waals surface area (Å²) in [6.45, 7) is 3.64. The molecule has 0 spiro atoms. The highest BCUT2D eigenvalue weighted by molar-refractivity contribution is 5.83. The SMILES string of the molecule is CCCCOC(=O)N1CCNC(=O)C1. The van der Waals surface area contributed by atoms with Crippen LogP contribution in [0.4, 0.5) is 4.79 Å². The molecule has 0 aliphatic carbocycles. The molecule has 1 heterocycles. The number of unbranched alkanes of at least 4 members (excludes halogenated alkanes) is 1. The van der Waals surface area contributed by atoms with Gasteiger partial charge in [0.05, 0.1) is 6.61 Å². The molecular formula is C9H16N2O3. The van der Waals surface area contributed by atoms with Crippen molar-refractivity contribution in [2.45, 2.75) is 19.8 Å². The molecule has 5 heteroatoms. The van der Waals surface area contributed by atoms with Gasteiger partial charge >= 0.3 is 6.09 Å². The Morgan fingerprint density at radius 2 is 2.43 bits per heavy atom. The van der Waals surface area contributed by atoms with Crippen molar-refractivity contribution in [3.05, 3.63) is 0 Å². The van der Waals surface area contributed by atoms with E-state index in [1.165, 1.54) is 4.90 Å². The minimum absolute atomic E-state index is 0.116. The summed E-state index contributed by atoms with van der Waals surface area (Å²) >= 11 is 0. The van der Waals surface area contributed by atoms with Crippen LogP contribution in [0.25, 0.3) is 0 Å². The monoisotopic (exact) mass is 200 g/mol. The number of nitrogens with one attached hydrogen (secondary N) is 1. The average molecular weight is 200 g/mol. The molecule has 0 unspecified atom stereocenters. The highest BCUT2D eigenvalue weighted by atomic mass is 16.6. The van der Waals surface area contributed by atoms with Crippen LogP contribution in [0.2, 0.25) is 0 Å². The number of carbonyl (C=O) groups excluding carboxylic acids is 2. The minimum Gasteiger partial charge on any atom is -0.449 e. The van der Waals surface area contributed by atoms with E-state index in [0.29, 0.717) is 19.7 Å². The van der Waals surface area contributed by atoms with Crippen molar-refractivity contribution in [1.29, 1.82) is 0 Å². The van der Waals surface area contributed by atoms with Gasteiger partial charge in [0.2, 0.25) is 5.91 Å². The van der Waals surface area contributed by atoms with Crippen LogP contribution in [0.1, 0.15) is 19.8 Å². The third-order valence-corrected chi connectivity index (χ3v) is 2.02. The summed E-state index contributed by atoms with van der Waals surface area (Å²) in [5.41, 5.74) is 0. The van der Waals surface area contributed by atoms with Gasteiger partial charge in [0.25, 0.3) is 0 Å².